The van der Waals surface area contributed by atoms with Crippen molar-refractivity contribution >= 4 is 0 Å². The Bertz CT molecular complexity index is 334. The van der Waals surface area contributed by atoms with E-state index in [4.69, 9.17) is 18.9 Å². The third-order valence-electron chi connectivity index (χ3n) is 6.08. The SMILES string of the molecule is C1COC2(CCC3C4CCC5(OCCO5)C4C32)O1. The molecular weight excluding hydrogens is 232 g/mol. The van der Waals surface area contributed by atoms with Crippen LogP contribution < -0.4 is 0 Å². The van der Waals surface area contributed by atoms with E-state index in [1.807, 2.05) is 0 Å². The highest BCUT2D eigenvalue weighted by Gasteiger charge is 2.74. The van der Waals surface area contributed by atoms with Gasteiger partial charge in [-0.3, -0.25) is 0 Å². The highest BCUT2D eigenvalue weighted by molar-refractivity contribution is 5.16. The molecule has 3 saturated carbocycles. The molecule has 5 rings (SSSR count). The van der Waals surface area contributed by atoms with E-state index in [2.05, 4.69) is 0 Å². The second-order valence-corrected chi connectivity index (χ2v) is 6.47. The molecule has 4 atom stereocenters. The van der Waals surface area contributed by atoms with E-state index in [-0.39, 0.29) is 11.6 Å². The van der Waals surface area contributed by atoms with E-state index < -0.39 is 0 Å². The van der Waals surface area contributed by atoms with Crippen molar-refractivity contribution in [1.29, 1.82) is 0 Å². The summed E-state index contributed by atoms with van der Waals surface area (Å²) in [6, 6.07) is 0. The first-order chi connectivity index (χ1) is 8.85. The van der Waals surface area contributed by atoms with Crippen LogP contribution in [-0.2, 0) is 18.9 Å². The lowest BCUT2D eigenvalue weighted by atomic mass is 9.57. The van der Waals surface area contributed by atoms with Gasteiger partial charge in [-0.1, -0.05) is 0 Å². The van der Waals surface area contributed by atoms with E-state index in [1.165, 1.54) is 12.8 Å². The van der Waals surface area contributed by atoms with Gasteiger partial charge >= 0.3 is 0 Å². The van der Waals surface area contributed by atoms with Crippen molar-refractivity contribution in [3.8, 4) is 0 Å². The zero-order valence-corrected chi connectivity index (χ0v) is 10.6. The summed E-state index contributed by atoms with van der Waals surface area (Å²) < 4.78 is 24.1. The molecule has 2 saturated heterocycles. The van der Waals surface area contributed by atoms with Gasteiger partial charge in [0, 0.05) is 24.7 Å². The van der Waals surface area contributed by atoms with Crippen LogP contribution >= 0.6 is 0 Å². The van der Waals surface area contributed by atoms with Crippen LogP contribution in [0.15, 0.2) is 0 Å². The monoisotopic (exact) mass is 252 g/mol. The molecule has 2 spiro atoms. The van der Waals surface area contributed by atoms with Crippen molar-refractivity contribution < 1.29 is 18.9 Å². The first-order valence-electron chi connectivity index (χ1n) is 7.41. The molecule has 3 aliphatic carbocycles. The molecule has 0 aromatic carbocycles. The summed E-state index contributed by atoms with van der Waals surface area (Å²) in [6.07, 6.45) is 4.68. The summed E-state index contributed by atoms with van der Waals surface area (Å²) in [6.45, 7) is 3.04. The minimum Gasteiger partial charge on any atom is -0.347 e. The summed E-state index contributed by atoms with van der Waals surface area (Å²) >= 11 is 0. The van der Waals surface area contributed by atoms with Crippen LogP contribution in [0.5, 0.6) is 0 Å². The Kier molecular flexibility index (Phi) is 1.94. The smallest absolute Gasteiger partial charge is 0.172 e. The van der Waals surface area contributed by atoms with Gasteiger partial charge in [-0.2, -0.15) is 0 Å². The van der Waals surface area contributed by atoms with Crippen molar-refractivity contribution in [2.24, 2.45) is 23.7 Å². The maximum Gasteiger partial charge on any atom is 0.172 e. The topological polar surface area (TPSA) is 36.9 Å². The van der Waals surface area contributed by atoms with Gasteiger partial charge in [-0.15, -0.1) is 0 Å². The van der Waals surface area contributed by atoms with Crippen molar-refractivity contribution in [2.45, 2.75) is 37.3 Å². The van der Waals surface area contributed by atoms with Gasteiger partial charge in [0.1, 0.15) is 0 Å². The molecule has 0 aromatic heterocycles. The molecule has 18 heavy (non-hydrogen) atoms. The van der Waals surface area contributed by atoms with Crippen molar-refractivity contribution in [2.75, 3.05) is 26.4 Å². The van der Waals surface area contributed by atoms with Crippen molar-refractivity contribution in [3.63, 3.8) is 0 Å². The molecule has 4 heteroatoms. The second-order valence-electron chi connectivity index (χ2n) is 6.47. The summed E-state index contributed by atoms with van der Waals surface area (Å²) in [5.74, 6) is 2.06. The normalized spacial score (nSPS) is 50.7. The molecule has 0 N–H and O–H groups in total. The molecular formula is C14H20O4. The first kappa shape index (κ1) is 10.6. The summed E-state index contributed by atoms with van der Waals surface area (Å²) in [7, 11) is 0. The van der Waals surface area contributed by atoms with Gasteiger partial charge in [0.15, 0.2) is 11.6 Å². The standard InChI is InChI=1S/C14H20O4/c1-3-13(15-5-6-16-13)11-9(1)10-2-4-14(12(10)11)17-7-8-18-14/h9-12H,1-8H2. The minimum absolute atomic E-state index is 0.279. The maximum absolute atomic E-state index is 6.01. The molecule has 0 amide bonds. The van der Waals surface area contributed by atoms with Crippen LogP contribution in [0.1, 0.15) is 25.7 Å². The molecule has 100 valence electrons. The van der Waals surface area contributed by atoms with Gasteiger partial charge in [0.2, 0.25) is 0 Å². The van der Waals surface area contributed by atoms with Crippen LogP contribution in [0.25, 0.3) is 0 Å². The molecule has 0 aromatic rings. The van der Waals surface area contributed by atoms with E-state index in [0.29, 0.717) is 11.8 Å². The van der Waals surface area contributed by atoms with Crippen molar-refractivity contribution in [1.82, 2.24) is 0 Å². The summed E-state index contributed by atoms with van der Waals surface area (Å²) in [5, 5.41) is 0. The quantitative estimate of drug-likeness (QED) is 0.655. The van der Waals surface area contributed by atoms with Crippen LogP contribution in [0.4, 0.5) is 0 Å². The third kappa shape index (κ3) is 1.04. The number of hydrogen-bond donors (Lipinski definition) is 0. The predicted octanol–water partition coefficient (Wildman–Crippen LogP) is 1.54. The Morgan fingerprint density at radius 3 is 1.39 bits per heavy atom. The average molecular weight is 252 g/mol. The highest BCUT2D eigenvalue weighted by Crippen LogP contribution is 2.70. The maximum atomic E-state index is 6.01. The first-order valence-corrected chi connectivity index (χ1v) is 7.41. The fourth-order valence-corrected chi connectivity index (χ4v) is 5.59. The lowest BCUT2D eigenvalue weighted by Crippen LogP contribution is -2.58. The predicted molar refractivity (Wildman–Crippen MR) is 61.7 cm³/mol. The zero-order valence-electron chi connectivity index (χ0n) is 10.6. The summed E-state index contributed by atoms with van der Waals surface area (Å²) in [5.41, 5.74) is 0. The average Bonchev–Trinajstić information content (AvgIpc) is 3.06. The number of rotatable bonds is 0. The summed E-state index contributed by atoms with van der Waals surface area (Å²) in [4.78, 5) is 0. The fourth-order valence-electron chi connectivity index (χ4n) is 5.59. The zero-order chi connectivity index (χ0) is 11.8. The Labute approximate surface area is 107 Å². The second kappa shape index (κ2) is 3.29. The Balaban J connectivity index is 1.51. The molecule has 0 bridgehead atoms. The largest absolute Gasteiger partial charge is 0.347 e. The molecule has 2 aliphatic heterocycles. The third-order valence-corrected chi connectivity index (χ3v) is 6.08. The molecule has 5 aliphatic rings. The number of fused-ring (bicyclic) bond motifs is 6. The Morgan fingerprint density at radius 1 is 0.611 bits per heavy atom. The molecule has 4 nitrogen and oxygen atoms in total. The molecule has 5 fully saturated rings. The lowest BCUT2D eigenvalue weighted by Gasteiger charge is -2.53. The van der Waals surface area contributed by atoms with Gasteiger partial charge in [-0.25, -0.2) is 0 Å². The van der Waals surface area contributed by atoms with E-state index in [0.717, 1.165) is 51.1 Å². The minimum atomic E-state index is -0.279. The van der Waals surface area contributed by atoms with Crippen LogP contribution in [0, 0.1) is 23.7 Å². The van der Waals surface area contributed by atoms with Gasteiger partial charge < -0.3 is 18.9 Å². The number of ether oxygens (including phenoxy) is 4. The van der Waals surface area contributed by atoms with Gasteiger partial charge in [0.05, 0.1) is 26.4 Å². The van der Waals surface area contributed by atoms with E-state index in [9.17, 15) is 0 Å². The molecule has 2 heterocycles. The van der Waals surface area contributed by atoms with Gasteiger partial charge in [-0.05, 0) is 24.7 Å². The van der Waals surface area contributed by atoms with E-state index >= 15 is 0 Å². The van der Waals surface area contributed by atoms with E-state index in [1.54, 1.807) is 0 Å². The number of hydrogen-bond acceptors (Lipinski definition) is 4. The van der Waals surface area contributed by atoms with Crippen LogP contribution in [0.2, 0.25) is 0 Å². The molecule has 0 radical (unpaired) electrons. The highest BCUT2D eigenvalue weighted by atomic mass is 16.7. The lowest BCUT2D eigenvalue weighted by molar-refractivity contribution is -0.289. The fraction of sp³-hybridized carbons (Fsp3) is 1.00. The molecule has 4 unspecified atom stereocenters. The Hall–Kier alpha value is -0.160. The Morgan fingerprint density at radius 2 is 1.00 bits per heavy atom. The van der Waals surface area contributed by atoms with Crippen LogP contribution in [-0.4, -0.2) is 38.0 Å². The van der Waals surface area contributed by atoms with Gasteiger partial charge in [0.25, 0.3) is 0 Å². The van der Waals surface area contributed by atoms with Crippen molar-refractivity contribution in [3.05, 3.63) is 0 Å². The van der Waals surface area contributed by atoms with Crippen LogP contribution in [0.3, 0.4) is 0 Å².